The topological polar surface area (TPSA) is 120 Å². The molecular weight excluding hydrogens is 458 g/mol. The van der Waals surface area contributed by atoms with Crippen molar-refractivity contribution in [2.45, 2.75) is 64.6 Å². The smallest absolute Gasteiger partial charge is 0.233 e. The fraction of sp³-hybridized carbons (Fsp3) is 0.423. The van der Waals surface area contributed by atoms with Gasteiger partial charge < -0.3 is 19.9 Å². The summed E-state index contributed by atoms with van der Waals surface area (Å²) in [4.78, 5) is 8.87. The number of rotatable bonds is 5. The lowest BCUT2D eigenvalue weighted by Gasteiger charge is -2.46. The van der Waals surface area contributed by atoms with E-state index in [1.165, 1.54) is 0 Å². The van der Waals surface area contributed by atoms with E-state index in [0.717, 1.165) is 18.5 Å². The number of piperidine rings is 1. The third-order valence-electron chi connectivity index (χ3n) is 6.22. The average molecular weight is 490 g/mol. The second kappa shape index (κ2) is 8.70. The quantitative estimate of drug-likeness (QED) is 0.429. The molecule has 0 spiro atoms. The van der Waals surface area contributed by atoms with Crippen LogP contribution in [0.3, 0.4) is 0 Å². The molecule has 0 amide bonds. The number of nitrogens with one attached hydrogen (secondary N) is 1. The molecule has 1 saturated heterocycles. The molecule has 5 heterocycles. The van der Waals surface area contributed by atoms with Crippen molar-refractivity contribution in [3.8, 4) is 40.0 Å². The van der Waals surface area contributed by atoms with Gasteiger partial charge in [0.25, 0.3) is 0 Å². The van der Waals surface area contributed by atoms with Crippen molar-refractivity contribution in [1.82, 2.24) is 35.1 Å². The minimum atomic E-state index is -0.0304. The molecule has 0 unspecified atom stereocenters. The Bertz CT molecular complexity index is 1400. The molecule has 1 aliphatic rings. The molecule has 10 nitrogen and oxygen atoms in total. The molecule has 10 heteroatoms. The van der Waals surface area contributed by atoms with E-state index >= 15 is 0 Å². The van der Waals surface area contributed by atoms with Crippen molar-refractivity contribution in [3.63, 3.8) is 0 Å². The van der Waals surface area contributed by atoms with Gasteiger partial charge in [0.2, 0.25) is 5.88 Å². The maximum atomic E-state index is 10.7. The van der Waals surface area contributed by atoms with Crippen LogP contribution in [0.1, 0.15) is 46.2 Å². The van der Waals surface area contributed by atoms with E-state index in [9.17, 15) is 5.11 Å². The third kappa shape index (κ3) is 4.81. The zero-order valence-electron chi connectivity index (χ0n) is 21.4. The maximum absolute atomic E-state index is 10.7. The Hall–Kier alpha value is -3.79. The van der Waals surface area contributed by atoms with Gasteiger partial charge in [-0.3, -0.25) is 0 Å². The highest BCUT2D eigenvalue weighted by Crippen LogP contribution is 2.33. The molecule has 1 fully saturated rings. The summed E-state index contributed by atoms with van der Waals surface area (Å²) in [5, 5.41) is 27.5. The van der Waals surface area contributed by atoms with Crippen LogP contribution < -0.4 is 14.8 Å². The Morgan fingerprint density at radius 1 is 1.06 bits per heavy atom. The first-order chi connectivity index (χ1) is 17.0. The highest BCUT2D eigenvalue weighted by Gasteiger charge is 2.38. The van der Waals surface area contributed by atoms with Crippen LogP contribution in [-0.4, -0.2) is 59.2 Å². The number of pyridine rings is 1. The van der Waals surface area contributed by atoms with Crippen molar-refractivity contribution >= 4 is 5.65 Å². The summed E-state index contributed by atoms with van der Waals surface area (Å²) in [5.41, 5.74) is 3.39. The first kappa shape index (κ1) is 23.9. The van der Waals surface area contributed by atoms with Crippen LogP contribution in [0.4, 0.5) is 0 Å². The third-order valence-corrected chi connectivity index (χ3v) is 6.22. The van der Waals surface area contributed by atoms with Crippen LogP contribution in [0.5, 0.6) is 17.4 Å². The summed E-state index contributed by atoms with van der Waals surface area (Å²) in [7, 11) is 1.58. The lowest BCUT2D eigenvalue weighted by Crippen LogP contribution is -2.60. The molecule has 1 aliphatic heterocycles. The molecule has 188 valence electrons. The Balaban J connectivity index is 1.37. The molecule has 36 heavy (non-hydrogen) atoms. The summed E-state index contributed by atoms with van der Waals surface area (Å²) >= 11 is 0. The monoisotopic (exact) mass is 489 g/mol. The number of aryl methyl sites for hydroxylation is 1. The van der Waals surface area contributed by atoms with E-state index in [0.29, 0.717) is 39.9 Å². The van der Waals surface area contributed by atoms with Crippen molar-refractivity contribution in [3.05, 3.63) is 42.4 Å². The first-order valence-electron chi connectivity index (χ1n) is 11.9. The number of ether oxygens (including phenoxy) is 2. The number of hydrogen-bond acceptors (Lipinski definition) is 9. The van der Waals surface area contributed by atoms with E-state index in [1.54, 1.807) is 42.1 Å². The van der Waals surface area contributed by atoms with Gasteiger partial charge in [0.05, 0.1) is 24.7 Å². The van der Waals surface area contributed by atoms with Gasteiger partial charge in [0, 0.05) is 47.8 Å². The van der Waals surface area contributed by atoms with Crippen LogP contribution in [0.2, 0.25) is 0 Å². The van der Waals surface area contributed by atoms with Crippen LogP contribution >= 0.6 is 0 Å². The number of hydrogen-bond donors (Lipinski definition) is 2. The highest BCUT2D eigenvalue weighted by atomic mass is 16.5. The second-order valence-corrected chi connectivity index (χ2v) is 10.6. The Kier molecular flexibility index (Phi) is 5.78. The molecule has 4 aromatic heterocycles. The summed E-state index contributed by atoms with van der Waals surface area (Å²) in [6.07, 6.45) is 5.22. The van der Waals surface area contributed by atoms with Gasteiger partial charge in [0.1, 0.15) is 23.2 Å². The second-order valence-electron chi connectivity index (χ2n) is 10.6. The van der Waals surface area contributed by atoms with Gasteiger partial charge in [0.15, 0.2) is 11.4 Å². The van der Waals surface area contributed by atoms with Gasteiger partial charge >= 0.3 is 0 Å². The van der Waals surface area contributed by atoms with Gasteiger partial charge in [-0.25, -0.2) is 14.5 Å². The molecule has 0 radical (unpaired) electrons. The van der Waals surface area contributed by atoms with Crippen molar-refractivity contribution in [2.75, 3.05) is 7.11 Å². The average Bonchev–Trinajstić information content (AvgIpc) is 3.17. The SMILES string of the molecule is COc1cc(-c2cnc(-c3ccc(OC4CC(C)(C)NC(C)(C)C4)nn3)c(O)c2)nn2cc(C)nc12. The maximum Gasteiger partial charge on any atom is 0.233 e. The van der Waals surface area contributed by atoms with Gasteiger partial charge in [-0.2, -0.15) is 5.10 Å². The molecule has 0 bridgehead atoms. The van der Waals surface area contributed by atoms with E-state index in [4.69, 9.17) is 9.47 Å². The van der Waals surface area contributed by atoms with Gasteiger partial charge in [-0.05, 0) is 46.8 Å². The lowest BCUT2D eigenvalue weighted by molar-refractivity contribution is 0.0524. The van der Waals surface area contributed by atoms with Crippen LogP contribution in [0.25, 0.3) is 28.3 Å². The standard InChI is InChI=1S/C26H31N7O3/c1-15-14-33-24(28-15)21(35-6)10-19(31-33)16-9-20(34)23(27-13-16)18-7-8-22(30-29-18)36-17-11-25(2,3)32-26(4,5)12-17/h7-10,13-14,17,32,34H,11-12H2,1-6H3. The number of methoxy groups -OCH3 is 1. The van der Waals surface area contributed by atoms with Gasteiger partial charge in [-0.1, -0.05) is 0 Å². The Morgan fingerprint density at radius 2 is 1.81 bits per heavy atom. The Labute approximate surface area is 209 Å². The summed E-state index contributed by atoms with van der Waals surface area (Å²) in [6.45, 7) is 10.6. The number of nitrogens with zero attached hydrogens (tertiary/aromatic N) is 6. The van der Waals surface area contributed by atoms with Gasteiger partial charge in [-0.15, -0.1) is 10.2 Å². The molecular formula is C26H31N7O3. The predicted molar refractivity (Wildman–Crippen MR) is 135 cm³/mol. The zero-order chi connectivity index (χ0) is 25.7. The van der Waals surface area contributed by atoms with E-state index < -0.39 is 0 Å². The number of fused-ring (bicyclic) bond motifs is 1. The van der Waals surface area contributed by atoms with Crippen LogP contribution in [-0.2, 0) is 0 Å². The van der Waals surface area contributed by atoms with Crippen LogP contribution in [0, 0.1) is 6.92 Å². The fourth-order valence-electron chi connectivity index (χ4n) is 5.14. The number of aromatic nitrogens is 6. The molecule has 4 aromatic rings. The summed E-state index contributed by atoms with van der Waals surface area (Å²) in [6, 6.07) is 6.89. The zero-order valence-corrected chi connectivity index (χ0v) is 21.4. The van der Waals surface area contributed by atoms with Crippen LogP contribution in [0.15, 0.2) is 36.7 Å². The normalized spacial score (nSPS) is 17.3. The minimum Gasteiger partial charge on any atom is -0.506 e. The number of aromatic hydroxyl groups is 1. The minimum absolute atomic E-state index is 0.0278. The van der Waals surface area contributed by atoms with Crippen molar-refractivity contribution < 1.29 is 14.6 Å². The van der Waals surface area contributed by atoms with E-state index in [-0.39, 0.29) is 22.9 Å². The predicted octanol–water partition coefficient (Wildman–Crippen LogP) is 3.96. The van der Waals surface area contributed by atoms with Crippen molar-refractivity contribution in [2.24, 2.45) is 0 Å². The number of imidazole rings is 1. The van der Waals surface area contributed by atoms with E-state index in [1.807, 2.05) is 13.1 Å². The summed E-state index contributed by atoms with van der Waals surface area (Å²) in [5.74, 6) is 1.01. The molecule has 0 aliphatic carbocycles. The highest BCUT2D eigenvalue weighted by molar-refractivity contribution is 5.70. The first-order valence-corrected chi connectivity index (χ1v) is 11.9. The summed E-state index contributed by atoms with van der Waals surface area (Å²) < 4.78 is 13.3. The van der Waals surface area contributed by atoms with Crippen molar-refractivity contribution in [1.29, 1.82) is 0 Å². The molecule has 0 atom stereocenters. The van der Waals surface area contributed by atoms with E-state index in [2.05, 4.69) is 58.3 Å². The molecule has 5 rings (SSSR count). The Morgan fingerprint density at radius 3 is 2.44 bits per heavy atom. The molecule has 0 saturated carbocycles. The fourth-order valence-corrected chi connectivity index (χ4v) is 5.14. The lowest BCUT2D eigenvalue weighted by atomic mass is 9.81. The molecule has 2 N–H and O–H groups in total. The largest absolute Gasteiger partial charge is 0.506 e. The molecule has 0 aromatic carbocycles.